The van der Waals surface area contributed by atoms with Gasteiger partial charge in [-0.1, -0.05) is 12.1 Å². The van der Waals surface area contributed by atoms with Crippen LogP contribution in [0.4, 0.5) is 5.69 Å². The molecular formula is C14H19NO2. The molecule has 0 N–H and O–H groups in total. The third kappa shape index (κ3) is 3.22. The van der Waals surface area contributed by atoms with Gasteiger partial charge in [-0.05, 0) is 30.5 Å². The Kier molecular flexibility index (Phi) is 3.67. The number of esters is 1. The van der Waals surface area contributed by atoms with Crippen LogP contribution in [0.2, 0.25) is 0 Å². The van der Waals surface area contributed by atoms with Gasteiger partial charge in [0.05, 0.1) is 0 Å². The van der Waals surface area contributed by atoms with Gasteiger partial charge in [0.1, 0.15) is 6.10 Å². The third-order valence-electron chi connectivity index (χ3n) is 3.12. The summed E-state index contributed by atoms with van der Waals surface area (Å²) in [5, 5.41) is 0. The molecule has 1 saturated heterocycles. The Labute approximate surface area is 102 Å². The minimum Gasteiger partial charge on any atom is -0.462 e. The largest absolute Gasteiger partial charge is 0.462 e. The molecule has 0 bridgehead atoms. The van der Waals surface area contributed by atoms with Crippen molar-refractivity contribution in [3.63, 3.8) is 0 Å². The predicted molar refractivity (Wildman–Crippen MR) is 68.2 cm³/mol. The van der Waals surface area contributed by atoms with Crippen molar-refractivity contribution in [3.8, 4) is 0 Å². The first-order valence-corrected chi connectivity index (χ1v) is 6.11. The molecule has 1 aromatic rings. The summed E-state index contributed by atoms with van der Waals surface area (Å²) in [6, 6.07) is 8.41. The fourth-order valence-corrected chi connectivity index (χ4v) is 2.11. The van der Waals surface area contributed by atoms with Gasteiger partial charge in [-0.2, -0.15) is 0 Å². The molecule has 0 saturated carbocycles. The molecule has 0 spiro atoms. The zero-order valence-corrected chi connectivity index (χ0v) is 10.5. The summed E-state index contributed by atoms with van der Waals surface area (Å²) in [7, 11) is 4.05. The molecule has 0 aromatic heterocycles. The molecule has 92 valence electrons. The molecule has 1 aliphatic rings. The van der Waals surface area contributed by atoms with Crippen LogP contribution in [0.25, 0.3) is 0 Å². The number of anilines is 1. The first-order valence-electron chi connectivity index (χ1n) is 6.11. The molecule has 2 rings (SSSR count). The maximum absolute atomic E-state index is 11.2. The topological polar surface area (TPSA) is 29.5 Å². The van der Waals surface area contributed by atoms with Crippen molar-refractivity contribution in [1.82, 2.24) is 0 Å². The van der Waals surface area contributed by atoms with E-state index in [1.54, 1.807) is 0 Å². The molecule has 1 aromatic carbocycles. The van der Waals surface area contributed by atoms with E-state index in [4.69, 9.17) is 4.74 Å². The maximum Gasteiger partial charge on any atom is 0.306 e. The number of rotatable bonds is 3. The fraction of sp³-hybridized carbons (Fsp3) is 0.500. The van der Waals surface area contributed by atoms with Crippen LogP contribution in [0.5, 0.6) is 0 Å². The van der Waals surface area contributed by atoms with Crippen LogP contribution in [-0.4, -0.2) is 26.2 Å². The number of ether oxygens (including phenoxy) is 1. The second kappa shape index (κ2) is 5.21. The second-order valence-electron chi connectivity index (χ2n) is 4.77. The molecule has 17 heavy (non-hydrogen) atoms. The van der Waals surface area contributed by atoms with E-state index in [2.05, 4.69) is 29.2 Å². The van der Waals surface area contributed by atoms with Crippen molar-refractivity contribution in [2.75, 3.05) is 19.0 Å². The minimum absolute atomic E-state index is 0.0499. The molecule has 1 aliphatic heterocycles. The van der Waals surface area contributed by atoms with Crippen molar-refractivity contribution in [3.05, 3.63) is 29.8 Å². The van der Waals surface area contributed by atoms with E-state index >= 15 is 0 Å². The van der Waals surface area contributed by atoms with Gasteiger partial charge in [0, 0.05) is 32.6 Å². The highest BCUT2D eigenvalue weighted by atomic mass is 16.5. The Balaban J connectivity index is 1.96. The van der Waals surface area contributed by atoms with Gasteiger partial charge in [0.15, 0.2) is 0 Å². The van der Waals surface area contributed by atoms with Crippen LogP contribution < -0.4 is 4.90 Å². The number of hydrogen-bond donors (Lipinski definition) is 0. The monoisotopic (exact) mass is 233 g/mol. The summed E-state index contributed by atoms with van der Waals surface area (Å²) in [5.74, 6) is -0.0499. The van der Waals surface area contributed by atoms with Crippen LogP contribution in [0.15, 0.2) is 24.3 Å². The third-order valence-corrected chi connectivity index (χ3v) is 3.12. The molecule has 1 fully saturated rings. The van der Waals surface area contributed by atoms with Crippen LogP contribution in [0.1, 0.15) is 24.8 Å². The smallest absolute Gasteiger partial charge is 0.306 e. The summed E-state index contributed by atoms with van der Waals surface area (Å²) in [4.78, 5) is 13.3. The molecular weight excluding hydrogens is 214 g/mol. The zero-order chi connectivity index (χ0) is 12.3. The van der Waals surface area contributed by atoms with E-state index in [0.29, 0.717) is 6.42 Å². The normalized spacial score (nSPS) is 19.9. The number of hydrogen-bond acceptors (Lipinski definition) is 3. The first-order chi connectivity index (χ1) is 8.15. The maximum atomic E-state index is 11.2. The Morgan fingerprint density at radius 2 is 2.00 bits per heavy atom. The highest BCUT2D eigenvalue weighted by Crippen LogP contribution is 2.19. The number of cyclic esters (lactones) is 1. The number of carbonyl (C=O) groups excluding carboxylic acids is 1. The van der Waals surface area contributed by atoms with E-state index in [-0.39, 0.29) is 12.1 Å². The Morgan fingerprint density at radius 1 is 1.29 bits per heavy atom. The van der Waals surface area contributed by atoms with Gasteiger partial charge in [-0.3, -0.25) is 4.79 Å². The Hall–Kier alpha value is -1.51. The van der Waals surface area contributed by atoms with Crippen molar-refractivity contribution >= 4 is 11.7 Å². The van der Waals surface area contributed by atoms with Gasteiger partial charge in [0.25, 0.3) is 0 Å². The Bertz CT molecular complexity index is 384. The van der Waals surface area contributed by atoms with E-state index < -0.39 is 0 Å². The van der Waals surface area contributed by atoms with Crippen molar-refractivity contribution in [2.45, 2.75) is 31.8 Å². The number of carbonyl (C=O) groups is 1. The van der Waals surface area contributed by atoms with Crippen molar-refractivity contribution < 1.29 is 9.53 Å². The van der Waals surface area contributed by atoms with E-state index in [1.165, 1.54) is 11.3 Å². The second-order valence-corrected chi connectivity index (χ2v) is 4.77. The lowest BCUT2D eigenvalue weighted by Crippen LogP contribution is -2.25. The summed E-state index contributed by atoms with van der Waals surface area (Å²) in [6.45, 7) is 0. The van der Waals surface area contributed by atoms with Crippen LogP contribution in [0.3, 0.4) is 0 Å². The van der Waals surface area contributed by atoms with Gasteiger partial charge < -0.3 is 9.64 Å². The van der Waals surface area contributed by atoms with Gasteiger partial charge in [-0.25, -0.2) is 0 Å². The van der Waals surface area contributed by atoms with E-state index in [1.807, 2.05) is 14.1 Å². The van der Waals surface area contributed by atoms with Crippen molar-refractivity contribution in [2.24, 2.45) is 0 Å². The molecule has 3 heteroatoms. The van der Waals surface area contributed by atoms with Crippen LogP contribution in [-0.2, 0) is 16.0 Å². The number of nitrogens with zero attached hydrogens (tertiary/aromatic N) is 1. The fourth-order valence-electron chi connectivity index (χ4n) is 2.11. The van der Waals surface area contributed by atoms with Gasteiger partial charge in [-0.15, -0.1) is 0 Å². The standard InChI is InChI=1S/C14H19NO2/c1-15(2)12-8-6-11(7-9-12)10-13-4-3-5-14(16)17-13/h6-9,13H,3-5,10H2,1-2H3. The van der Waals surface area contributed by atoms with E-state index in [0.717, 1.165) is 19.3 Å². The van der Waals surface area contributed by atoms with E-state index in [9.17, 15) is 4.79 Å². The first kappa shape index (κ1) is 12.0. The van der Waals surface area contributed by atoms with Gasteiger partial charge in [0.2, 0.25) is 0 Å². The average Bonchev–Trinajstić information content (AvgIpc) is 2.29. The molecule has 0 radical (unpaired) electrons. The lowest BCUT2D eigenvalue weighted by molar-refractivity contribution is -0.153. The highest BCUT2D eigenvalue weighted by Gasteiger charge is 2.20. The summed E-state index contributed by atoms with van der Waals surface area (Å²) >= 11 is 0. The molecule has 0 aliphatic carbocycles. The molecule has 1 unspecified atom stereocenters. The molecule has 0 amide bonds. The lowest BCUT2D eigenvalue weighted by atomic mass is 10.0. The molecule has 1 atom stereocenters. The van der Waals surface area contributed by atoms with Crippen LogP contribution in [0, 0.1) is 0 Å². The summed E-state index contributed by atoms with van der Waals surface area (Å²) in [5.41, 5.74) is 2.42. The van der Waals surface area contributed by atoms with Crippen molar-refractivity contribution in [1.29, 1.82) is 0 Å². The summed E-state index contributed by atoms with van der Waals surface area (Å²) < 4.78 is 5.32. The lowest BCUT2D eigenvalue weighted by Gasteiger charge is -2.22. The number of benzene rings is 1. The van der Waals surface area contributed by atoms with Crippen LogP contribution >= 0.6 is 0 Å². The summed E-state index contributed by atoms with van der Waals surface area (Å²) in [6.07, 6.45) is 3.43. The molecule has 3 nitrogen and oxygen atoms in total. The highest BCUT2D eigenvalue weighted by molar-refractivity contribution is 5.70. The molecule has 1 heterocycles. The predicted octanol–water partition coefficient (Wildman–Crippen LogP) is 2.39. The Morgan fingerprint density at radius 3 is 2.59 bits per heavy atom. The zero-order valence-electron chi connectivity index (χ0n) is 10.5. The SMILES string of the molecule is CN(C)c1ccc(CC2CCCC(=O)O2)cc1. The van der Waals surface area contributed by atoms with Gasteiger partial charge >= 0.3 is 5.97 Å². The average molecular weight is 233 g/mol. The quantitative estimate of drug-likeness (QED) is 0.751. The minimum atomic E-state index is -0.0499.